The monoisotopic (exact) mass is 306 g/mol. The highest BCUT2D eigenvalue weighted by Gasteiger charge is 2.23. The topological polar surface area (TPSA) is 46.3 Å². The van der Waals surface area contributed by atoms with Gasteiger partial charge < -0.3 is 10.6 Å². The number of carbonyl (C=O) groups is 1. The molecule has 0 saturated carbocycles. The van der Waals surface area contributed by atoms with Crippen LogP contribution in [0.25, 0.3) is 0 Å². The van der Waals surface area contributed by atoms with Gasteiger partial charge >= 0.3 is 0 Å². The summed E-state index contributed by atoms with van der Waals surface area (Å²) in [7, 11) is 0. The fourth-order valence-electron chi connectivity index (χ4n) is 2.46. The summed E-state index contributed by atoms with van der Waals surface area (Å²) in [5.41, 5.74) is 7.08. The van der Waals surface area contributed by atoms with Crippen LogP contribution in [0, 0.1) is 5.92 Å². The Kier molecular flexibility index (Phi) is 6.82. The van der Waals surface area contributed by atoms with Gasteiger partial charge in [0, 0.05) is 23.7 Å². The van der Waals surface area contributed by atoms with E-state index in [0.29, 0.717) is 16.5 Å². The Morgan fingerprint density at radius 3 is 2.00 bits per heavy atom. The summed E-state index contributed by atoms with van der Waals surface area (Å²) in [5.74, 6) is 0.539. The van der Waals surface area contributed by atoms with Crippen molar-refractivity contribution >= 4 is 23.1 Å². The van der Waals surface area contributed by atoms with Crippen LogP contribution in [-0.4, -0.2) is 28.4 Å². The Morgan fingerprint density at radius 2 is 1.62 bits per heavy atom. The van der Waals surface area contributed by atoms with Crippen LogP contribution in [0.5, 0.6) is 0 Å². The van der Waals surface area contributed by atoms with E-state index in [9.17, 15) is 4.79 Å². The van der Waals surface area contributed by atoms with Crippen molar-refractivity contribution in [3.63, 3.8) is 0 Å². The predicted molar refractivity (Wildman–Crippen MR) is 92.6 cm³/mol. The number of carbonyl (C=O) groups excluding carboxylic acids is 1. The molecule has 0 atom stereocenters. The normalized spacial score (nSPS) is 11.0. The van der Waals surface area contributed by atoms with E-state index in [1.54, 1.807) is 0 Å². The van der Waals surface area contributed by atoms with Crippen LogP contribution in [0.15, 0.2) is 24.3 Å². The first-order valence-corrected chi connectivity index (χ1v) is 8.02. The van der Waals surface area contributed by atoms with Crippen LogP contribution in [0.2, 0.25) is 0 Å². The highest BCUT2D eigenvalue weighted by molar-refractivity contribution is 7.80. The molecule has 21 heavy (non-hydrogen) atoms. The van der Waals surface area contributed by atoms with Gasteiger partial charge in [0.05, 0.1) is 0 Å². The molecule has 0 bridgehead atoms. The van der Waals surface area contributed by atoms with Gasteiger partial charge in [0.2, 0.25) is 0 Å². The molecule has 0 aliphatic carbocycles. The highest BCUT2D eigenvalue weighted by Crippen LogP contribution is 2.16. The largest absolute Gasteiger partial charge is 0.389 e. The first-order valence-electron chi connectivity index (χ1n) is 7.61. The van der Waals surface area contributed by atoms with Crippen molar-refractivity contribution in [1.82, 2.24) is 4.90 Å². The van der Waals surface area contributed by atoms with E-state index in [2.05, 4.69) is 27.7 Å². The summed E-state index contributed by atoms with van der Waals surface area (Å²) in [6.45, 7) is 9.31. The molecule has 3 nitrogen and oxygen atoms in total. The molecule has 0 aliphatic rings. The predicted octanol–water partition coefficient (Wildman–Crippen LogP) is 3.61. The lowest BCUT2D eigenvalue weighted by atomic mass is 10.0. The van der Waals surface area contributed by atoms with Crippen molar-refractivity contribution in [1.29, 1.82) is 0 Å². The third-order valence-corrected chi connectivity index (χ3v) is 3.86. The average molecular weight is 306 g/mol. The van der Waals surface area contributed by atoms with Gasteiger partial charge in [-0.2, -0.15) is 0 Å². The molecule has 0 aliphatic heterocycles. The molecule has 0 aromatic heterocycles. The standard InChI is InChI=1S/C17H26N2OS/c1-5-15(6-2)19(11-12(3)4)17(20)14-9-7-13(8-10-14)16(18)21/h7-10,12,15H,5-6,11H2,1-4H3,(H2,18,21). The summed E-state index contributed by atoms with van der Waals surface area (Å²) < 4.78 is 0. The number of nitrogens with two attached hydrogens (primary N) is 1. The highest BCUT2D eigenvalue weighted by atomic mass is 32.1. The fraction of sp³-hybridized carbons (Fsp3) is 0.529. The van der Waals surface area contributed by atoms with Crippen molar-refractivity contribution in [2.75, 3.05) is 6.54 Å². The molecule has 2 N–H and O–H groups in total. The van der Waals surface area contributed by atoms with Crippen LogP contribution in [0.4, 0.5) is 0 Å². The van der Waals surface area contributed by atoms with Gasteiger partial charge in [-0.25, -0.2) is 0 Å². The first kappa shape index (κ1) is 17.6. The number of amides is 1. The molecule has 1 aromatic carbocycles. The van der Waals surface area contributed by atoms with E-state index in [0.717, 1.165) is 24.9 Å². The van der Waals surface area contributed by atoms with Crippen LogP contribution < -0.4 is 5.73 Å². The molecule has 0 fully saturated rings. The minimum Gasteiger partial charge on any atom is -0.389 e. The van der Waals surface area contributed by atoms with Gasteiger partial charge in [-0.15, -0.1) is 0 Å². The summed E-state index contributed by atoms with van der Waals surface area (Å²) in [6.07, 6.45) is 1.94. The molecule has 0 unspecified atom stereocenters. The summed E-state index contributed by atoms with van der Waals surface area (Å²) in [6, 6.07) is 7.54. The minimum atomic E-state index is 0.0897. The molecule has 0 saturated heterocycles. The number of nitrogens with zero attached hydrogens (tertiary/aromatic N) is 1. The number of thiocarbonyl (C=S) groups is 1. The van der Waals surface area contributed by atoms with Crippen LogP contribution in [0.3, 0.4) is 0 Å². The summed E-state index contributed by atoms with van der Waals surface area (Å²) in [5, 5.41) is 0. The Labute approximate surface area is 133 Å². The molecule has 0 spiro atoms. The molecule has 0 heterocycles. The second-order valence-electron chi connectivity index (χ2n) is 5.76. The molecule has 116 valence electrons. The maximum Gasteiger partial charge on any atom is 0.254 e. The first-order chi connectivity index (χ1) is 9.90. The molecular formula is C17H26N2OS. The molecule has 0 radical (unpaired) electrons. The van der Waals surface area contributed by atoms with Crippen molar-refractivity contribution in [3.8, 4) is 0 Å². The third-order valence-electron chi connectivity index (χ3n) is 3.62. The molecular weight excluding hydrogens is 280 g/mol. The van der Waals surface area contributed by atoms with Crippen molar-refractivity contribution in [2.45, 2.75) is 46.6 Å². The van der Waals surface area contributed by atoms with Gasteiger partial charge in [-0.3, -0.25) is 4.79 Å². The maximum atomic E-state index is 12.8. The number of rotatable bonds is 7. The zero-order valence-electron chi connectivity index (χ0n) is 13.4. The van der Waals surface area contributed by atoms with E-state index in [1.807, 2.05) is 29.2 Å². The van der Waals surface area contributed by atoms with E-state index in [4.69, 9.17) is 18.0 Å². The van der Waals surface area contributed by atoms with E-state index >= 15 is 0 Å². The van der Waals surface area contributed by atoms with Crippen LogP contribution in [0.1, 0.15) is 56.5 Å². The maximum absolute atomic E-state index is 12.8. The zero-order valence-corrected chi connectivity index (χ0v) is 14.2. The van der Waals surface area contributed by atoms with Gasteiger partial charge in [-0.1, -0.05) is 52.0 Å². The van der Waals surface area contributed by atoms with E-state index < -0.39 is 0 Å². The minimum absolute atomic E-state index is 0.0897. The Bertz CT molecular complexity index is 478. The number of hydrogen-bond donors (Lipinski definition) is 1. The second kappa shape index (κ2) is 8.13. The molecule has 1 rings (SSSR count). The van der Waals surface area contributed by atoms with Crippen molar-refractivity contribution < 1.29 is 4.79 Å². The average Bonchev–Trinajstić information content (AvgIpc) is 2.46. The van der Waals surface area contributed by atoms with Gasteiger partial charge in [-0.05, 0) is 30.9 Å². The van der Waals surface area contributed by atoms with E-state index in [-0.39, 0.29) is 11.9 Å². The van der Waals surface area contributed by atoms with Crippen molar-refractivity contribution in [3.05, 3.63) is 35.4 Å². The molecule has 4 heteroatoms. The lowest BCUT2D eigenvalue weighted by Crippen LogP contribution is -2.42. The summed E-state index contributed by atoms with van der Waals surface area (Å²) >= 11 is 4.94. The Balaban J connectivity index is 3.01. The number of hydrogen-bond acceptors (Lipinski definition) is 2. The smallest absolute Gasteiger partial charge is 0.254 e. The zero-order chi connectivity index (χ0) is 16.0. The second-order valence-corrected chi connectivity index (χ2v) is 6.20. The Morgan fingerprint density at radius 1 is 1.14 bits per heavy atom. The van der Waals surface area contributed by atoms with Gasteiger partial charge in [0.25, 0.3) is 5.91 Å². The molecule has 1 aromatic rings. The van der Waals surface area contributed by atoms with Crippen LogP contribution in [-0.2, 0) is 0 Å². The SMILES string of the molecule is CCC(CC)N(CC(C)C)C(=O)c1ccc(C(N)=S)cc1. The lowest BCUT2D eigenvalue weighted by molar-refractivity contribution is 0.0640. The van der Waals surface area contributed by atoms with Crippen LogP contribution >= 0.6 is 12.2 Å². The molecule has 1 amide bonds. The number of benzene rings is 1. The van der Waals surface area contributed by atoms with Crippen molar-refractivity contribution in [2.24, 2.45) is 11.7 Å². The lowest BCUT2D eigenvalue weighted by Gasteiger charge is -2.32. The van der Waals surface area contributed by atoms with Gasteiger partial charge in [0.1, 0.15) is 4.99 Å². The quantitative estimate of drug-likeness (QED) is 0.783. The van der Waals surface area contributed by atoms with E-state index in [1.165, 1.54) is 0 Å². The van der Waals surface area contributed by atoms with Gasteiger partial charge in [0.15, 0.2) is 0 Å². The fourth-order valence-corrected chi connectivity index (χ4v) is 2.60. The Hall–Kier alpha value is -1.42. The summed E-state index contributed by atoms with van der Waals surface area (Å²) in [4.78, 5) is 15.1. The third kappa shape index (κ3) is 4.81.